The third kappa shape index (κ3) is 6.83. The highest BCUT2D eigenvalue weighted by molar-refractivity contribution is 7.92. The highest BCUT2D eigenvalue weighted by atomic mass is 32.2. The molecule has 0 aliphatic heterocycles. The van der Waals surface area contributed by atoms with E-state index in [1.54, 1.807) is 24.3 Å². The molecule has 0 radical (unpaired) electrons. The largest absolute Gasteiger partial charge is 0.488 e. The number of hydrogen-bond acceptors (Lipinski definition) is 5. The van der Waals surface area contributed by atoms with Gasteiger partial charge in [-0.1, -0.05) is 60.2 Å². The van der Waals surface area contributed by atoms with Crippen LogP contribution in [0.4, 0.5) is 10.1 Å². The topological polar surface area (TPSA) is 88.1 Å². The van der Waals surface area contributed by atoms with Gasteiger partial charge in [-0.05, 0) is 61.0 Å². The first-order valence-electron chi connectivity index (χ1n) is 11.8. The fraction of sp³-hybridized carbons (Fsp3) is 0.103. The van der Waals surface area contributed by atoms with Crippen LogP contribution in [0.15, 0.2) is 113 Å². The van der Waals surface area contributed by atoms with Crippen molar-refractivity contribution < 1.29 is 22.3 Å². The second-order valence-corrected chi connectivity index (χ2v) is 10.3. The van der Waals surface area contributed by atoms with Crippen molar-refractivity contribution in [2.45, 2.75) is 18.4 Å². The zero-order valence-corrected chi connectivity index (χ0v) is 21.4. The minimum Gasteiger partial charge on any atom is -0.488 e. The predicted molar refractivity (Wildman–Crippen MR) is 145 cm³/mol. The lowest BCUT2D eigenvalue weighted by molar-refractivity contribution is -0.119. The molecule has 0 heterocycles. The number of amides is 1. The van der Waals surface area contributed by atoms with E-state index in [1.807, 2.05) is 49.4 Å². The molecule has 194 valence electrons. The van der Waals surface area contributed by atoms with Gasteiger partial charge in [0, 0.05) is 5.56 Å². The van der Waals surface area contributed by atoms with Gasteiger partial charge in [0.2, 0.25) is 0 Å². The number of nitrogens with one attached hydrogen (secondary N) is 1. The summed E-state index contributed by atoms with van der Waals surface area (Å²) >= 11 is 0. The molecular weight excluding hydrogens is 505 g/mol. The zero-order valence-electron chi connectivity index (χ0n) is 20.6. The first kappa shape index (κ1) is 26.6. The van der Waals surface area contributed by atoms with E-state index in [2.05, 4.69) is 10.5 Å². The molecule has 0 spiro atoms. The number of carbonyl (C=O) groups excluding carboxylic acids is 1. The van der Waals surface area contributed by atoms with E-state index in [1.165, 1.54) is 30.5 Å². The molecule has 4 rings (SSSR count). The summed E-state index contributed by atoms with van der Waals surface area (Å²) in [6.07, 6.45) is 1.43. The van der Waals surface area contributed by atoms with Crippen molar-refractivity contribution in [1.82, 2.24) is 5.43 Å². The number of para-hydroxylation sites is 1. The molecule has 0 fully saturated rings. The lowest BCUT2D eigenvalue weighted by Gasteiger charge is -2.23. The molecule has 0 bridgehead atoms. The maximum atomic E-state index is 13.5. The van der Waals surface area contributed by atoms with Gasteiger partial charge in [0.1, 0.15) is 24.7 Å². The van der Waals surface area contributed by atoms with Crippen LogP contribution in [-0.4, -0.2) is 27.1 Å². The number of nitrogens with zero attached hydrogens (tertiary/aromatic N) is 2. The van der Waals surface area contributed by atoms with Gasteiger partial charge in [0.15, 0.2) is 0 Å². The van der Waals surface area contributed by atoms with Crippen LogP contribution >= 0.6 is 0 Å². The minimum absolute atomic E-state index is 0.00761. The summed E-state index contributed by atoms with van der Waals surface area (Å²) in [6.45, 7) is 1.64. The zero-order chi connectivity index (χ0) is 27.0. The SMILES string of the molecule is Cc1ccc(S(=O)(=O)N(CC(=O)N/N=C\c2ccccc2OCc2ccccc2)c2ccc(F)cc2)cc1. The lowest BCUT2D eigenvalue weighted by Crippen LogP contribution is -2.39. The Hall–Kier alpha value is -4.50. The first-order chi connectivity index (χ1) is 18.3. The summed E-state index contributed by atoms with van der Waals surface area (Å²) in [6, 6.07) is 28.0. The normalized spacial score (nSPS) is 11.3. The summed E-state index contributed by atoms with van der Waals surface area (Å²) in [5.41, 5.74) is 5.04. The summed E-state index contributed by atoms with van der Waals surface area (Å²) < 4.78 is 47.1. The second kappa shape index (κ2) is 12.2. The maximum absolute atomic E-state index is 13.5. The highest BCUT2D eigenvalue weighted by Gasteiger charge is 2.27. The average molecular weight is 532 g/mol. The van der Waals surface area contributed by atoms with Gasteiger partial charge in [0.05, 0.1) is 16.8 Å². The molecule has 0 atom stereocenters. The first-order valence-corrected chi connectivity index (χ1v) is 13.2. The van der Waals surface area contributed by atoms with Crippen LogP contribution in [0.1, 0.15) is 16.7 Å². The van der Waals surface area contributed by atoms with Crippen molar-refractivity contribution in [2.75, 3.05) is 10.8 Å². The van der Waals surface area contributed by atoms with Gasteiger partial charge >= 0.3 is 0 Å². The molecule has 0 aliphatic carbocycles. The standard InChI is InChI=1S/C29H26FN3O4S/c1-22-11-17-27(18-12-22)38(35,36)33(26-15-13-25(30)14-16-26)20-29(34)32-31-19-24-9-5-6-10-28(24)37-21-23-7-3-2-4-8-23/h2-19H,20-21H2,1H3,(H,32,34)/b31-19-. The van der Waals surface area contributed by atoms with Crippen LogP contribution in [0.2, 0.25) is 0 Å². The molecule has 0 unspecified atom stereocenters. The second-order valence-electron chi connectivity index (χ2n) is 8.41. The predicted octanol–water partition coefficient (Wildman–Crippen LogP) is 5.06. The van der Waals surface area contributed by atoms with Crippen molar-refractivity contribution in [2.24, 2.45) is 5.10 Å². The fourth-order valence-electron chi connectivity index (χ4n) is 3.55. The number of halogens is 1. The van der Waals surface area contributed by atoms with Gasteiger partial charge in [-0.3, -0.25) is 9.10 Å². The monoisotopic (exact) mass is 531 g/mol. The summed E-state index contributed by atoms with van der Waals surface area (Å²) in [4.78, 5) is 12.8. The molecule has 1 N–H and O–H groups in total. The van der Waals surface area contributed by atoms with Gasteiger partial charge in [-0.25, -0.2) is 18.2 Å². The lowest BCUT2D eigenvalue weighted by atomic mass is 10.2. The Morgan fingerprint density at radius 3 is 2.29 bits per heavy atom. The molecule has 0 aromatic heterocycles. The molecule has 0 aliphatic rings. The maximum Gasteiger partial charge on any atom is 0.264 e. The number of benzene rings is 4. The Balaban J connectivity index is 1.48. The average Bonchev–Trinajstić information content (AvgIpc) is 2.92. The number of carbonyl (C=O) groups is 1. The van der Waals surface area contributed by atoms with E-state index in [4.69, 9.17) is 4.74 Å². The molecular formula is C29H26FN3O4S. The van der Waals surface area contributed by atoms with E-state index in [0.29, 0.717) is 17.9 Å². The van der Waals surface area contributed by atoms with Crippen LogP contribution in [0, 0.1) is 12.7 Å². The number of aryl methyl sites for hydroxylation is 1. The molecule has 7 nitrogen and oxygen atoms in total. The van der Waals surface area contributed by atoms with Gasteiger partial charge in [-0.2, -0.15) is 5.10 Å². The van der Waals surface area contributed by atoms with Crippen molar-refractivity contribution in [3.05, 3.63) is 126 Å². The molecule has 38 heavy (non-hydrogen) atoms. The van der Waals surface area contributed by atoms with Gasteiger partial charge in [0.25, 0.3) is 15.9 Å². The molecule has 0 saturated heterocycles. The molecule has 9 heteroatoms. The Morgan fingerprint density at radius 1 is 0.921 bits per heavy atom. The summed E-state index contributed by atoms with van der Waals surface area (Å²) in [5, 5.41) is 4.00. The molecule has 1 amide bonds. The van der Waals surface area contributed by atoms with E-state index < -0.39 is 28.3 Å². The van der Waals surface area contributed by atoms with Crippen LogP contribution in [0.5, 0.6) is 5.75 Å². The van der Waals surface area contributed by atoms with Crippen molar-refractivity contribution in [3.63, 3.8) is 0 Å². The quantitative estimate of drug-likeness (QED) is 0.229. The highest BCUT2D eigenvalue weighted by Crippen LogP contribution is 2.24. The number of rotatable bonds is 10. The Bertz CT molecular complexity index is 1510. The van der Waals surface area contributed by atoms with Crippen molar-refractivity contribution in [3.8, 4) is 5.75 Å². The van der Waals surface area contributed by atoms with E-state index in [0.717, 1.165) is 27.6 Å². The van der Waals surface area contributed by atoms with E-state index in [9.17, 15) is 17.6 Å². The minimum atomic E-state index is -4.12. The summed E-state index contributed by atoms with van der Waals surface area (Å²) in [5.74, 6) is -0.628. The van der Waals surface area contributed by atoms with Crippen LogP contribution in [0.3, 0.4) is 0 Å². The molecule has 0 saturated carbocycles. The smallest absolute Gasteiger partial charge is 0.264 e. The Morgan fingerprint density at radius 2 is 1.58 bits per heavy atom. The number of sulfonamides is 1. The summed E-state index contributed by atoms with van der Waals surface area (Å²) in [7, 11) is -4.12. The van der Waals surface area contributed by atoms with Gasteiger partial charge < -0.3 is 4.74 Å². The van der Waals surface area contributed by atoms with E-state index >= 15 is 0 Å². The van der Waals surface area contributed by atoms with Crippen molar-refractivity contribution in [1.29, 1.82) is 0 Å². The molecule has 4 aromatic rings. The third-order valence-corrected chi connectivity index (χ3v) is 7.35. The third-order valence-electron chi connectivity index (χ3n) is 5.56. The van der Waals surface area contributed by atoms with Crippen LogP contribution < -0.4 is 14.5 Å². The fourth-order valence-corrected chi connectivity index (χ4v) is 4.97. The number of hydrazone groups is 1. The van der Waals surface area contributed by atoms with Crippen molar-refractivity contribution >= 4 is 27.8 Å². The Labute approximate surface area is 221 Å². The van der Waals surface area contributed by atoms with Crippen LogP contribution in [-0.2, 0) is 21.4 Å². The van der Waals surface area contributed by atoms with Gasteiger partial charge in [-0.15, -0.1) is 0 Å². The van der Waals surface area contributed by atoms with Crippen LogP contribution in [0.25, 0.3) is 0 Å². The number of anilines is 1. The Kier molecular flexibility index (Phi) is 8.50. The number of hydrogen-bond donors (Lipinski definition) is 1. The molecule has 4 aromatic carbocycles. The van der Waals surface area contributed by atoms with E-state index in [-0.39, 0.29) is 10.6 Å². The number of ether oxygens (including phenoxy) is 1.